The first kappa shape index (κ1) is 14.4. The molecule has 0 aliphatic carbocycles. The third kappa shape index (κ3) is 3.72. The van der Waals surface area contributed by atoms with Crippen molar-refractivity contribution in [1.29, 1.82) is 0 Å². The average Bonchev–Trinajstić information content (AvgIpc) is 2.45. The molecule has 0 aliphatic rings. The number of benzene rings is 1. The number of anilines is 1. The van der Waals surface area contributed by atoms with E-state index >= 15 is 0 Å². The smallest absolute Gasteiger partial charge is 0.260 e. The largest absolute Gasteiger partial charge is 0.508 e. The van der Waals surface area contributed by atoms with Crippen LogP contribution in [0, 0.1) is 11.8 Å². The summed E-state index contributed by atoms with van der Waals surface area (Å²) in [5.74, 6) is 4.31. The zero-order valence-electron chi connectivity index (χ0n) is 10.9. The van der Waals surface area contributed by atoms with Gasteiger partial charge in [-0.15, -0.1) is 0 Å². The molecule has 1 amide bonds. The Hall–Kier alpha value is -3.04. The highest BCUT2D eigenvalue weighted by atomic mass is 16.3. The maximum absolute atomic E-state index is 12.0. The molecule has 0 radical (unpaired) electrons. The second kappa shape index (κ2) is 6.41. The lowest BCUT2D eigenvalue weighted by molar-refractivity contribution is 0.102. The highest BCUT2D eigenvalue weighted by Gasteiger charge is 2.12. The molecule has 0 atom stereocenters. The number of pyridine rings is 1. The summed E-state index contributed by atoms with van der Waals surface area (Å²) in [7, 11) is 0. The molecule has 0 aliphatic heterocycles. The van der Waals surface area contributed by atoms with Gasteiger partial charge in [0, 0.05) is 6.07 Å². The number of aromatic hydroxyl groups is 2. The van der Waals surface area contributed by atoms with Gasteiger partial charge in [-0.25, -0.2) is 4.98 Å². The van der Waals surface area contributed by atoms with Gasteiger partial charge < -0.3 is 20.6 Å². The quantitative estimate of drug-likeness (QED) is 0.618. The molecule has 21 heavy (non-hydrogen) atoms. The summed E-state index contributed by atoms with van der Waals surface area (Å²) in [4.78, 5) is 16.1. The molecule has 0 spiro atoms. The maximum Gasteiger partial charge on any atom is 0.260 e. The van der Waals surface area contributed by atoms with Gasteiger partial charge in [-0.2, -0.15) is 0 Å². The Morgan fingerprint density at radius 2 is 2.05 bits per heavy atom. The third-order valence-corrected chi connectivity index (χ3v) is 2.51. The lowest BCUT2D eigenvalue weighted by Gasteiger charge is -2.06. The molecular formula is C15H12N2O4. The fourth-order valence-corrected chi connectivity index (χ4v) is 1.60. The minimum absolute atomic E-state index is 0.0152. The number of amides is 1. The maximum atomic E-state index is 12.0. The van der Waals surface area contributed by atoms with Crippen LogP contribution in [0.5, 0.6) is 11.5 Å². The Labute approximate surface area is 120 Å². The first-order valence-corrected chi connectivity index (χ1v) is 6.00. The molecule has 6 heteroatoms. The SMILES string of the molecule is O=C(Nc1cccc(C#CCO)n1)c1ccc(O)cc1O. The van der Waals surface area contributed by atoms with Crippen LogP contribution in [-0.2, 0) is 0 Å². The van der Waals surface area contributed by atoms with Crippen LogP contribution in [0.25, 0.3) is 0 Å². The Bertz CT molecular complexity index is 732. The van der Waals surface area contributed by atoms with Crippen molar-refractivity contribution in [3.05, 3.63) is 47.7 Å². The lowest BCUT2D eigenvalue weighted by Crippen LogP contribution is -2.13. The predicted octanol–water partition coefficient (Wildman–Crippen LogP) is 1.09. The molecule has 0 saturated heterocycles. The monoisotopic (exact) mass is 284 g/mol. The number of phenols is 2. The van der Waals surface area contributed by atoms with E-state index in [0.717, 1.165) is 6.07 Å². The zero-order valence-corrected chi connectivity index (χ0v) is 10.9. The van der Waals surface area contributed by atoms with E-state index in [4.69, 9.17) is 5.11 Å². The lowest BCUT2D eigenvalue weighted by atomic mass is 10.2. The van der Waals surface area contributed by atoms with Crippen molar-refractivity contribution in [3.63, 3.8) is 0 Å². The van der Waals surface area contributed by atoms with Crippen molar-refractivity contribution in [2.75, 3.05) is 11.9 Å². The molecule has 6 nitrogen and oxygen atoms in total. The molecule has 106 valence electrons. The van der Waals surface area contributed by atoms with Gasteiger partial charge in [-0.3, -0.25) is 4.79 Å². The fourth-order valence-electron chi connectivity index (χ4n) is 1.60. The number of hydrogen-bond acceptors (Lipinski definition) is 5. The van der Waals surface area contributed by atoms with Gasteiger partial charge in [0.15, 0.2) is 0 Å². The molecule has 0 unspecified atom stereocenters. The summed E-state index contributed by atoms with van der Waals surface area (Å²) in [5.41, 5.74) is 0.415. The molecule has 4 N–H and O–H groups in total. The van der Waals surface area contributed by atoms with Gasteiger partial charge in [0.2, 0.25) is 0 Å². The van der Waals surface area contributed by atoms with Gasteiger partial charge in [0.05, 0.1) is 5.56 Å². The number of aliphatic hydroxyl groups excluding tert-OH is 1. The molecular weight excluding hydrogens is 272 g/mol. The van der Waals surface area contributed by atoms with Gasteiger partial charge in [-0.05, 0) is 30.2 Å². The van der Waals surface area contributed by atoms with Crippen LogP contribution in [-0.4, -0.2) is 32.8 Å². The molecule has 1 aromatic heterocycles. The van der Waals surface area contributed by atoms with Crippen molar-refractivity contribution in [2.24, 2.45) is 0 Å². The number of phenolic OH excluding ortho intramolecular Hbond substituents is 2. The summed E-state index contributed by atoms with van der Waals surface area (Å²) in [6.07, 6.45) is 0. The summed E-state index contributed by atoms with van der Waals surface area (Å²) in [6.45, 7) is -0.278. The van der Waals surface area contributed by atoms with Crippen molar-refractivity contribution in [2.45, 2.75) is 0 Å². The van der Waals surface area contributed by atoms with Gasteiger partial charge in [0.1, 0.15) is 29.6 Å². The van der Waals surface area contributed by atoms with Crippen LogP contribution < -0.4 is 5.32 Å². The van der Waals surface area contributed by atoms with Crippen LogP contribution >= 0.6 is 0 Å². The Morgan fingerprint density at radius 3 is 2.76 bits per heavy atom. The molecule has 2 rings (SSSR count). The average molecular weight is 284 g/mol. The second-order valence-electron chi connectivity index (χ2n) is 4.02. The molecule has 0 bridgehead atoms. The van der Waals surface area contributed by atoms with Crippen LogP contribution in [0.4, 0.5) is 5.82 Å². The van der Waals surface area contributed by atoms with Crippen molar-refractivity contribution < 1.29 is 20.1 Å². The molecule has 0 fully saturated rings. The normalized spacial score (nSPS) is 9.57. The molecule has 1 heterocycles. The second-order valence-corrected chi connectivity index (χ2v) is 4.02. The summed E-state index contributed by atoms with van der Waals surface area (Å²) >= 11 is 0. The van der Waals surface area contributed by atoms with Crippen molar-refractivity contribution in [1.82, 2.24) is 4.98 Å². The number of carbonyl (C=O) groups excluding carboxylic acids is 1. The van der Waals surface area contributed by atoms with Crippen molar-refractivity contribution in [3.8, 4) is 23.3 Å². The van der Waals surface area contributed by atoms with E-state index < -0.39 is 5.91 Å². The van der Waals surface area contributed by atoms with E-state index in [2.05, 4.69) is 22.1 Å². The van der Waals surface area contributed by atoms with E-state index in [-0.39, 0.29) is 29.5 Å². The number of nitrogens with one attached hydrogen (secondary N) is 1. The first-order valence-electron chi connectivity index (χ1n) is 6.00. The topological polar surface area (TPSA) is 103 Å². The number of rotatable bonds is 2. The Balaban J connectivity index is 2.19. The summed E-state index contributed by atoms with van der Waals surface area (Å²) in [6, 6.07) is 8.53. The summed E-state index contributed by atoms with van der Waals surface area (Å²) < 4.78 is 0. The number of nitrogens with zero attached hydrogens (tertiary/aromatic N) is 1. The zero-order chi connectivity index (χ0) is 15.2. The molecule has 1 aromatic carbocycles. The van der Waals surface area contributed by atoms with Crippen LogP contribution in [0.15, 0.2) is 36.4 Å². The van der Waals surface area contributed by atoms with Gasteiger partial charge in [-0.1, -0.05) is 12.0 Å². The minimum Gasteiger partial charge on any atom is -0.508 e. The highest BCUT2D eigenvalue weighted by molar-refractivity contribution is 6.05. The number of aromatic nitrogens is 1. The van der Waals surface area contributed by atoms with Gasteiger partial charge >= 0.3 is 0 Å². The van der Waals surface area contributed by atoms with E-state index in [1.807, 2.05) is 0 Å². The number of aliphatic hydroxyl groups is 1. The van der Waals surface area contributed by atoms with E-state index in [1.165, 1.54) is 12.1 Å². The predicted molar refractivity (Wildman–Crippen MR) is 75.9 cm³/mol. The fraction of sp³-hybridized carbons (Fsp3) is 0.0667. The van der Waals surface area contributed by atoms with Crippen LogP contribution in [0.3, 0.4) is 0 Å². The Morgan fingerprint density at radius 1 is 1.24 bits per heavy atom. The standard InChI is InChI=1S/C15H12N2O4/c18-8-2-4-10-3-1-5-14(16-10)17-15(21)12-7-6-11(19)9-13(12)20/h1,3,5-7,9,18-20H,8H2,(H,16,17,21). The summed E-state index contributed by atoms with van der Waals surface area (Å²) in [5, 5.41) is 29.9. The van der Waals surface area contributed by atoms with Gasteiger partial charge in [0.25, 0.3) is 5.91 Å². The van der Waals surface area contributed by atoms with E-state index in [1.54, 1.807) is 18.2 Å². The van der Waals surface area contributed by atoms with Crippen LogP contribution in [0.1, 0.15) is 16.1 Å². The first-order chi connectivity index (χ1) is 10.1. The van der Waals surface area contributed by atoms with E-state index in [0.29, 0.717) is 5.69 Å². The Kier molecular flexibility index (Phi) is 4.39. The van der Waals surface area contributed by atoms with E-state index in [9.17, 15) is 15.0 Å². The molecule has 0 saturated carbocycles. The van der Waals surface area contributed by atoms with Crippen molar-refractivity contribution >= 4 is 11.7 Å². The highest BCUT2D eigenvalue weighted by Crippen LogP contribution is 2.23. The third-order valence-electron chi connectivity index (χ3n) is 2.51. The number of hydrogen-bond donors (Lipinski definition) is 4. The molecule has 2 aromatic rings. The number of carbonyl (C=O) groups is 1. The minimum atomic E-state index is -0.563. The van der Waals surface area contributed by atoms with Crippen LogP contribution in [0.2, 0.25) is 0 Å².